The molecule has 0 saturated heterocycles. The van der Waals surface area contributed by atoms with E-state index in [1.165, 1.54) is 23.6 Å². The van der Waals surface area contributed by atoms with E-state index in [0.29, 0.717) is 10.9 Å². The fraction of sp³-hybridized carbons (Fsp3) is 0.111. The molecule has 0 unspecified atom stereocenters. The number of hydrogen-bond acceptors (Lipinski definition) is 6. The maximum Gasteiger partial charge on any atom is 0.259 e. The number of nitrogens with zero attached hydrogens (tertiary/aromatic N) is 3. The van der Waals surface area contributed by atoms with E-state index in [1.54, 1.807) is 31.3 Å². The molecule has 0 fully saturated rings. The number of fused-ring (bicyclic) bond motifs is 1. The Morgan fingerprint density at radius 2 is 1.78 bits per heavy atom. The molecule has 0 aliphatic heterocycles. The Bertz CT molecular complexity index is 1120. The van der Waals surface area contributed by atoms with Gasteiger partial charge in [0.15, 0.2) is 0 Å². The number of halogens is 2. The van der Waals surface area contributed by atoms with E-state index < -0.39 is 11.3 Å². The van der Waals surface area contributed by atoms with Gasteiger partial charge in [-0.25, -0.2) is 4.99 Å². The number of pyridine rings is 1. The quantitative estimate of drug-likeness (QED) is 0.510. The predicted octanol–water partition coefficient (Wildman–Crippen LogP) is 3.64. The van der Waals surface area contributed by atoms with Gasteiger partial charge in [-0.05, 0) is 30.5 Å². The van der Waals surface area contributed by atoms with Gasteiger partial charge in [-0.1, -0.05) is 47.2 Å². The van der Waals surface area contributed by atoms with E-state index >= 15 is 0 Å². The second-order valence-electron chi connectivity index (χ2n) is 5.83. The standard InChI is InChI=1S/C18H15Cl2N3O4/c1-9(21-16-12(19)7-10(23(26)27)8-13(16)20)15-17(24)11-5-3-4-6-14(11)22(2)18(15)25/h3-8,24,26-27H,1-2H3/p-1. The van der Waals surface area contributed by atoms with Crippen LogP contribution in [-0.4, -0.2) is 20.7 Å². The summed E-state index contributed by atoms with van der Waals surface area (Å²) in [5.74, 6) is -0.435. The number of aryl methyl sites for hydroxylation is 1. The largest absolute Gasteiger partial charge is 0.871 e. The minimum Gasteiger partial charge on any atom is -0.871 e. The molecule has 27 heavy (non-hydrogen) atoms. The van der Waals surface area contributed by atoms with Gasteiger partial charge in [0.2, 0.25) is 0 Å². The SMILES string of the molecule is CC(=Nc1c(Cl)cc(N(O)O)cc1Cl)c1c([O-])c2ccccc2n(C)c1=O. The third-order valence-electron chi connectivity index (χ3n) is 4.13. The zero-order valence-electron chi connectivity index (χ0n) is 14.3. The van der Waals surface area contributed by atoms with Crippen LogP contribution >= 0.6 is 23.2 Å². The summed E-state index contributed by atoms with van der Waals surface area (Å²) < 4.78 is 1.38. The van der Waals surface area contributed by atoms with Gasteiger partial charge in [-0.15, -0.1) is 5.23 Å². The highest BCUT2D eigenvalue weighted by atomic mass is 35.5. The Labute approximate surface area is 163 Å². The lowest BCUT2D eigenvalue weighted by molar-refractivity contribution is -0.266. The second-order valence-corrected chi connectivity index (χ2v) is 6.64. The molecule has 0 aliphatic carbocycles. The van der Waals surface area contributed by atoms with E-state index in [-0.39, 0.29) is 37.9 Å². The first-order valence-electron chi connectivity index (χ1n) is 7.73. The number of rotatable bonds is 3. The summed E-state index contributed by atoms with van der Waals surface area (Å²) in [5.41, 5.74) is 0.144. The second kappa shape index (κ2) is 7.21. The van der Waals surface area contributed by atoms with E-state index in [0.717, 1.165) is 0 Å². The highest BCUT2D eigenvalue weighted by molar-refractivity contribution is 6.39. The van der Waals surface area contributed by atoms with E-state index in [2.05, 4.69) is 4.99 Å². The van der Waals surface area contributed by atoms with Gasteiger partial charge >= 0.3 is 0 Å². The first-order chi connectivity index (χ1) is 12.7. The lowest BCUT2D eigenvalue weighted by Gasteiger charge is -2.19. The summed E-state index contributed by atoms with van der Waals surface area (Å²) in [4.78, 5) is 16.9. The van der Waals surface area contributed by atoms with Crippen molar-refractivity contribution in [2.45, 2.75) is 6.92 Å². The molecule has 0 aliphatic rings. The highest BCUT2D eigenvalue weighted by Crippen LogP contribution is 2.37. The molecule has 0 amide bonds. The number of benzene rings is 2. The molecule has 1 heterocycles. The topological polar surface area (TPSA) is 101 Å². The molecule has 0 atom stereocenters. The Morgan fingerprint density at radius 3 is 2.37 bits per heavy atom. The zero-order valence-corrected chi connectivity index (χ0v) is 15.8. The number of hydrogen-bond donors (Lipinski definition) is 2. The molecular formula is C18H14Cl2N3O4-. The summed E-state index contributed by atoms with van der Waals surface area (Å²) in [6.07, 6.45) is 0. The lowest BCUT2D eigenvalue weighted by Crippen LogP contribution is -2.26. The van der Waals surface area contributed by atoms with Crippen molar-refractivity contribution in [3.8, 4) is 5.75 Å². The average molecular weight is 407 g/mol. The van der Waals surface area contributed by atoms with E-state index in [4.69, 9.17) is 33.6 Å². The molecule has 9 heteroatoms. The van der Waals surface area contributed by atoms with Gasteiger partial charge in [0.25, 0.3) is 5.56 Å². The van der Waals surface area contributed by atoms with Gasteiger partial charge in [0, 0.05) is 7.05 Å². The van der Waals surface area contributed by atoms with Crippen LogP contribution in [0, 0.1) is 0 Å². The van der Waals surface area contributed by atoms with Gasteiger partial charge < -0.3 is 9.67 Å². The maximum absolute atomic E-state index is 12.8. The molecule has 1 aromatic heterocycles. The normalized spacial score (nSPS) is 11.9. The van der Waals surface area contributed by atoms with E-state index in [9.17, 15) is 9.90 Å². The van der Waals surface area contributed by atoms with Gasteiger partial charge in [0.1, 0.15) is 5.69 Å². The first-order valence-corrected chi connectivity index (χ1v) is 8.49. The summed E-state index contributed by atoms with van der Waals surface area (Å²) in [7, 11) is 1.58. The van der Waals surface area contributed by atoms with E-state index in [1.807, 2.05) is 0 Å². The number of aliphatic imine (C=N–C) groups is 1. The van der Waals surface area contributed by atoms with Crippen molar-refractivity contribution in [1.82, 2.24) is 4.57 Å². The van der Waals surface area contributed by atoms with Gasteiger partial charge in [-0.2, -0.15) is 0 Å². The van der Waals surface area contributed by atoms with Crippen molar-refractivity contribution < 1.29 is 15.5 Å². The Balaban J connectivity index is 2.23. The monoisotopic (exact) mass is 406 g/mol. The first kappa shape index (κ1) is 19.2. The molecule has 2 N–H and O–H groups in total. The molecule has 140 valence electrons. The maximum atomic E-state index is 12.8. The van der Waals surface area contributed by atoms with Crippen molar-refractivity contribution in [3.05, 3.63) is 62.4 Å². The zero-order chi connectivity index (χ0) is 19.9. The lowest BCUT2D eigenvalue weighted by atomic mass is 10.1. The van der Waals surface area contributed by atoms with Crippen LogP contribution in [0.25, 0.3) is 10.9 Å². The Morgan fingerprint density at radius 1 is 1.19 bits per heavy atom. The van der Waals surface area contributed by atoms with Crippen molar-refractivity contribution in [2.24, 2.45) is 12.0 Å². The van der Waals surface area contributed by atoms with Crippen LogP contribution in [0.2, 0.25) is 10.0 Å². The van der Waals surface area contributed by atoms with Crippen LogP contribution in [-0.2, 0) is 7.05 Å². The fourth-order valence-electron chi connectivity index (χ4n) is 2.78. The van der Waals surface area contributed by atoms with Crippen LogP contribution in [0.1, 0.15) is 12.5 Å². The molecule has 3 aromatic rings. The molecular weight excluding hydrogens is 393 g/mol. The summed E-state index contributed by atoms with van der Waals surface area (Å²) in [6.45, 7) is 1.51. The van der Waals surface area contributed by atoms with Crippen LogP contribution < -0.4 is 15.9 Å². The third-order valence-corrected chi connectivity index (χ3v) is 4.71. The molecule has 0 spiro atoms. The van der Waals surface area contributed by atoms with Crippen molar-refractivity contribution in [3.63, 3.8) is 0 Å². The molecule has 3 rings (SSSR count). The van der Waals surface area contributed by atoms with Crippen LogP contribution in [0.5, 0.6) is 5.75 Å². The average Bonchev–Trinajstić information content (AvgIpc) is 2.62. The van der Waals surface area contributed by atoms with Crippen molar-refractivity contribution >= 4 is 51.2 Å². The highest BCUT2D eigenvalue weighted by Gasteiger charge is 2.15. The molecule has 2 aromatic carbocycles. The van der Waals surface area contributed by atoms with Crippen LogP contribution in [0.3, 0.4) is 0 Å². The summed E-state index contributed by atoms with van der Waals surface area (Å²) in [6, 6.07) is 9.25. The minimum atomic E-state index is -0.485. The smallest absolute Gasteiger partial charge is 0.259 e. The van der Waals surface area contributed by atoms with Crippen molar-refractivity contribution in [1.29, 1.82) is 0 Å². The van der Waals surface area contributed by atoms with Gasteiger partial charge in [0.05, 0.1) is 32.5 Å². The van der Waals surface area contributed by atoms with Crippen LogP contribution in [0.4, 0.5) is 11.4 Å². The molecule has 7 nitrogen and oxygen atoms in total. The predicted molar refractivity (Wildman–Crippen MR) is 103 cm³/mol. The minimum absolute atomic E-state index is 0.0232. The summed E-state index contributed by atoms with van der Waals surface area (Å²) in [5, 5.41) is 31.3. The fourth-order valence-corrected chi connectivity index (χ4v) is 3.34. The molecule has 0 radical (unpaired) electrons. The molecule has 0 saturated carbocycles. The Hall–Kier alpha value is -2.58. The number of anilines is 1. The summed E-state index contributed by atoms with van der Waals surface area (Å²) >= 11 is 12.2. The van der Waals surface area contributed by atoms with Gasteiger partial charge in [-0.3, -0.25) is 15.2 Å². The number of para-hydroxylation sites is 1. The Kier molecular flexibility index (Phi) is 5.12. The van der Waals surface area contributed by atoms with Crippen molar-refractivity contribution in [2.75, 3.05) is 5.23 Å². The molecule has 0 bridgehead atoms. The number of aromatic nitrogens is 1. The van der Waals surface area contributed by atoms with Crippen LogP contribution in [0.15, 0.2) is 46.2 Å². The third kappa shape index (κ3) is 3.38.